The summed E-state index contributed by atoms with van der Waals surface area (Å²) in [6, 6.07) is 6.94. The Bertz CT molecular complexity index is 1070. The molecule has 1 fully saturated rings. The molecule has 1 saturated heterocycles. The van der Waals surface area contributed by atoms with Crippen molar-refractivity contribution in [1.29, 1.82) is 0 Å². The number of hydrogen-bond donors (Lipinski definition) is 2. The van der Waals surface area contributed by atoms with Crippen molar-refractivity contribution in [3.05, 3.63) is 59.7 Å². The highest BCUT2D eigenvalue weighted by molar-refractivity contribution is 6.24. The number of benzene rings is 2. The molecule has 13 heteroatoms. The monoisotopic (exact) mass is 461 g/mol. The van der Waals surface area contributed by atoms with Crippen LogP contribution in [0.1, 0.15) is 15.9 Å². The first kappa shape index (κ1) is 22.9. The van der Waals surface area contributed by atoms with Crippen LogP contribution in [0.3, 0.4) is 0 Å². The van der Waals surface area contributed by atoms with Crippen LogP contribution in [-0.2, 0) is 4.79 Å². The lowest BCUT2D eigenvalue weighted by Gasteiger charge is -2.29. The van der Waals surface area contributed by atoms with E-state index in [4.69, 9.17) is 0 Å². The first-order valence-corrected chi connectivity index (χ1v) is 8.72. The van der Waals surface area contributed by atoms with Crippen LogP contribution in [0, 0.1) is 6.92 Å². The Morgan fingerprint density at radius 3 is 2.19 bits per heavy atom. The zero-order chi connectivity index (χ0) is 23.9. The van der Waals surface area contributed by atoms with Crippen LogP contribution in [0.4, 0.5) is 36.8 Å². The number of nitrogens with zero attached hydrogens (tertiary/aromatic N) is 1. The van der Waals surface area contributed by atoms with Crippen molar-refractivity contribution in [1.82, 2.24) is 10.6 Å². The van der Waals surface area contributed by atoms with Gasteiger partial charge in [0.1, 0.15) is 5.75 Å². The van der Waals surface area contributed by atoms with Gasteiger partial charge in [-0.1, -0.05) is 17.7 Å². The summed E-state index contributed by atoms with van der Waals surface area (Å²) in [4.78, 5) is 37.5. The van der Waals surface area contributed by atoms with E-state index in [2.05, 4.69) is 4.74 Å². The largest absolute Gasteiger partial charge is 0.573 e. The van der Waals surface area contributed by atoms with Gasteiger partial charge in [-0.2, -0.15) is 13.2 Å². The fraction of sp³-hybridized carbons (Fsp3) is 0.211. The van der Waals surface area contributed by atoms with Crippen LogP contribution in [0.2, 0.25) is 0 Å². The Hall–Kier alpha value is -3.77. The van der Waals surface area contributed by atoms with Gasteiger partial charge in [-0.25, -0.2) is 9.69 Å². The van der Waals surface area contributed by atoms with Crippen LogP contribution < -0.4 is 20.3 Å². The van der Waals surface area contributed by atoms with Crippen molar-refractivity contribution in [3.63, 3.8) is 0 Å². The number of hydrogen-bond acceptors (Lipinski definition) is 4. The van der Waals surface area contributed by atoms with Gasteiger partial charge in [0.05, 0.1) is 5.69 Å². The van der Waals surface area contributed by atoms with Crippen molar-refractivity contribution in [2.75, 3.05) is 4.90 Å². The van der Waals surface area contributed by atoms with Gasteiger partial charge in [0.25, 0.3) is 17.5 Å². The summed E-state index contributed by atoms with van der Waals surface area (Å²) >= 11 is 0. The number of carbonyl (C=O) groups is 3. The van der Waals surface area contributed by atoms with E-state index in [0.29, 0.717) is 17.7 Å². The predicted octanol–water partition coefficient (Wildman–Crippen LogP) is 3.64. The molecule has 1 aliphatic heterocycles. The van der Waals surface area contributed by atoms with Crippen molar-refractivity contribution in [2.24, 2.45) is 0 Å². The molecular weight excluding hydrogens is 448 g/mol. The summed E-state index contributed by atoms with van der Waals surface area (Å²) in [6.07, 6.45) is -10.5. The number of carbonyl (C=O) groups excluding carboxylic acids is 3. The van der Waals surface area contributed by atoms with Crippen molar-refractivity contribution < 1.29 is 45.5 Å². The van der Waals surface area contributed by atoms with Crippen molar-refractivity contribution >= 4 is 23.5 Å². The zero-order valence-electron chi connectivity index (χ0n) is 16.0. The molecule has 2 aromatic carbocycles. The second kappa shape index (κ2) is 7.73. The SMILES string of the molecule is Cc1cccc(C(=O)N[C@]2(C(F)(F)F)NC(=O)N(c3ccc(OC(F)(F)F)cc3)C2=O)c1. The van der Waals surface area contributed by atoms with Crippen LogP contribution in [0.5, 0.6) is 5.75 Å². The fourth-order valence-electron chi connectivity index (χ4n) is 2.94. The first-order chi connectivity index (χ1) is 14.7. The molecule has 0 aromatic heterocycles. The highest BCUT2D eigenvalue weighted by atomic mass is 19.4. The lowest BCUT2D eigenvalue weighted by atomic mass is 10.1. The summed E-state index contributed by atoms with van der Waals surface area (Å²) in [5, 5.41) is 2.98. The second-order valence-corrected chi connectivity index (χ2v) is 6.68. The minimum atomic E-state index is -5.45. The van der Waals surface area contributed by atoms with Crippen LogP contribution in [0.25, 0.3) is 0 Å². The van der Waals surface area contributed by atoms with Crippen LogP contribution >= 0.6 is 0 Å². The molecule has 0 unspecified atom stereocenters. The average Bonchev–Trinajstić information content (AvgIpc) is 2.92. The Morgan fingerprint density at radius 1 is 1.03 bits per heavy atom. The molecule has 0 aliphatic carbocycles. The molecular formula is C19H13F6N3O4. The number of urea groups is 1. The Kier molecular flexibility index (Phi) is 5.53. The highest BCUT2D eigenvalue weighted by Crippen LogP contribution is 2.36. The number of halogens is 6. The summed E-state index contributed by atoms with van der Waals surface area (Å²) in [7, 11) is 0. The molecule has 7 nitrogen and oxygen atoms in total. The van der Waals surface area contributed by atoms with Gasteiger partial charge in [0.15, 0.2) is 0 Å². The molecule has 0 radical (unpaired) electrons. The van der Waals surface area contributed by atoms with Crippen molar-refractivity contribution in [2.45, 2.75) is 25.1 Å². The molecule has 0 bridgehead atoms. The summed E-state index contributed by atoms with van der Waals surface area (Å²) in [5.41, 5.74) is -3.89. The van der Waals surface area contributed by atoms with E-state index in [1.165, 1.54) is 28.8 Å². The number of aryl methyl sites for hydroxylation is 1. The molecule has 1 aliphatic rings. The quantitative estimate of drug-likeness (QED) is 0.538. The van der Waals surface area contributed by atoms with Gasteiger partial charge < -0.3 is 10.1 Å². The molecule has 32 heavy (non-hydrogen) atoms. The van der Waals surface area contributed by atoms with Gasteiger partial charge in [0.2, 0.25) is 0 Å². The number of ether oxygens (including phenoxy) is 1. The topological polar surface area (TPSA) is 87.7 Å². The van der Waals surface area contributed by atoms with Crippen LogP contribution in [0.15, 0.2) is 48.5 Å². The van der Waals surface area contributed by atoms with E-state index >= 15 is 0 Å². The number of amides is 4. The molecule has 3 rings (SSSR count). The maximum atomic E-state index is 13.9. The van der Waals surface area contributed by atoms with E-state index in [9.17, 15) is 40.7 Å². The lowest BCUT2D eigenvalue weighted by Crippen LogP contribution is -2.69. The molecule has 170 valence electrons. The maximum absolute atomic E-state index is 13.9. The first-order valence-electron chi connectivity index (χ1n) is 8.72. The standard InChI is InChI=1S/C19H13F6N3O4/c1-10-3-2-4-11(9-10)14(29)26-17(18(20,21)22)15(30)28(16(31)27-17)12-5-7-13(8-6-12)32-19(23,24)25/h2-9H,1H3,(H,26,29)(H,27,31)/t17-/m0/s1. The third-order valence-corrected chi connectivity index (χ3v) is 4.36. The normalized spacial score (nSPS) is 19.0. The number of anilines is 1. The molecule has 4 amide bonds. The minimum Gasteiger partial charge on any atom is -0.406 e. The van der Waals surface area contributed by atoms with E-state index in [1.807, 2.05) is 0 Å². The van der Waals surface area contributed by atoms with E-state index in [0.717, 1.165) is 12.1 Å². The number of rotatable bonds is 4. The average molecular weight is 461 g/mol. The van der Waals surface area contributed by atoms with Crippen molar-refractivity contribution in [3.8, 4) is 5.75 Å². The summed E-state index contributed by atoms with van der Waals surface area (Å²) < 4.78 is 82.2. The molecule has 1 atom stereocenters. The third-order valence-electron chi connectivity index (χ3n) is 4.36. The van der Waals surface area contributed by atoms with E-state index in [1.54, 1.807) is 13.0 Å². The van der Waals surface area contributed by atoms with Gasteiger partial charge >= 0.3 is 18.6 Å². The predicted molar refractivity (Wildman–Crippen MR) is 96.6 cm³/mol. The molecule has 1 heterocycles. The Morgan fingerprint density at radius 2 is 1.66 bits per heavy atom. The summed E-state index contributed by atoms with van der Waals surface area (Å²) in [5.74, 6) is -3.89. The van der Waals surface area contributed by atoms with E-state index < -0.39 is 47.5 Å². The number of imide groups is 1. The Balaban J connectivity index is 1.94. The number of nitrogens with one attached hydrogen (secondary N) is 2. The molecule has 0 saturated carbocycles. The molecule has 0 spiro atoms. The molecule has 2 aromatic rings. The van der Waals surface area contributed by atoms with Gasteiger partial charge in [-0.05, 0) is 43.3 Å². The zero-order valence-corrected chi connectivity index (χ0v) is 16.0. The van der Waals surface area contributed by atoms with Gasteiger partial charge in [0, 0.05) is 5.56 Å². The third kappa shape index (κ3) is 4.31. The van der Waals surface area contributed by atoms with Gasteiger partial charge in [-0.3, -0.25) is 14.9 Å². The van der Waals surface area contributed by atoms with Crippen LogP contribution in [-0.4, -0.2) is 36.0 Å². The fourth-order valence-corrected chi connectivity index (χ4v) is 2.94. The van der Waals surface area contributed by atoms with Gasteiger partial charge in [-0.15, -0.1) is 13.2 Å². The summed E-state index contributed by atoms with van der Waals surface area (Å²) in [6.45, 7) is 1.59. The highest BCUT2D eigenvalue weighted by Gasteiger charge is 2.69. The second-order valence-electron chi connectivity index (χ2n) is 6.68. The molecule has 2 N–H and O–H groups in total. The minimum absolute atomic E-state index is 0.0569. The smallest absolute Gasteiger partial charge is 0.406 e. The lowest BCUT2D eigenvalue weighted by molar-refractivity contribution is -0.274. The Labute approximate surface area is 175 Å². The van der Waals surface area contributed by atoms with E-state index in [-0.39, 0.29) is 10.5 Å². The maximum Gasteiger partial charge on any atom is 0.573 e. The number of alkyl halides is 6.